The van der Waals surface area contributed by atoms with Crippen molar-refractivity contribution in [3.63, 3.8) is 0 Å². The van der Waals surface area contributed by atoms with Crippen LogP contribution in [0, 0.1) is 6.92 Å². The molecule has 2 rings (SSSR count). The van der Waals surface area contributed by atoms with Gasteiger partial charge in [-0.05, 0) is 18.6 Å². The van der Waals surface area contributed by atoms with Crippen molar-refractivity contribution in [3.8, 4) is 0 Å². The Hall–Kier alpha value is -2.15. The maximum absolute atomic E-state index is 12.0. The molecule has 2 heterocycles. The van der Waals surface area contributed by atoms with Gasteiger partial charge in [-0.1, -0.05) is 0 Å². The van der Waals surface area contributed by atoms with Crippen molar-refractivity contribution in [1.29, 1.82) is 0 Å². The van der Waals surface area contributed by atoms with E-state index in [-0.39, 0.29) is 13.0 Å². The molecule has 1 aliphatic rings. The molecule has 0 spiro atoms. The summed E-state index contributed by atoms with van der Waals surface area (Å²) in [6.07, 6.45) is 2.34. The summed E-state index contributed by atoms with van der Waals surface area (Å²) in [5.41, 5.74) is 1.35. The summed E-state index contributed by atoms with van der Waals surface area (Å²) in [6, 6.07) is 0.204. The van der Waals surface area contributed by atoms with E-state index >= 15 is 0 Å². The van der Waals surface area contributed by atoms with Crippen molar-refractivity contribution in [3.05, 3.63) is 24.0 Å². The Morgan fingerprint density at radius 1 is 1.53 bits per heavy atom. The second-order valence-corrected chi connectivity index (χ2v) is 4.52. The number of pyridine rings is 1. The minimum atomic E-state index is -1.12. The van der Waals surface area contributed by atoms with Crippen molar-refractivity contribution in [2.75, 3.05) is 11.9 Å². The van der Waals surface area contributed by atoms with E-state index in [1.807, 2.05) is 6.92 Å². The average molecular weight is 265 g/mol. The van der Waals surface area contributed by atoms with Crippen LogP contribution in [0.1, 0.15) is 12.0 Å². The number of hydrogen-bond acceptors (Lipinski definition) is 4. The number of amides is 2. The number of carboxylic acid groups (broad SMARTS) is 1. The quantitative estimate of drug-likeness (QED) is 0.720. The third-order valence-corrected chi connectivity index (χ3v) is 3.11. The predicted molar refractivity (Wildman–Crippen MR) is 66.7 cm³/mol. The van der Waals surface area contributed by atoms with Crippen molar-refractivity contribution in [1.82, 2.24) is 9.88 Å². The number of aliphatic hydroxyl groups excluding tert-OH is 1. The molecule has 7 heteroatoms. The van der Waals surface area contributed by atoms with Gasteiger partial charge in [-0.3, -0.25) is 4.98 Å². The molecule has 0 bridgehead atoms. The Balaban J connectivity index is 2.11. The number of aromatic nitrogens is 1. The molecule has 1 aromatic heterocycles. The van der Waals surface area contributed by atoms with Crippen LogP contribution in [0.25, 0.3) is 0 Å². The van der Waals surface area contributed by atoms with Crippen LogP contribution in [0.2, 0.25) is 0 Å². The van der Waals surface area contributed by atoms with Crippen LogP contribution in [0.3, 0.4) is 0 Å². The summed E-state index contributed by atoms with van der Waals surface area (Å²) < 4.78 is 0. The van der Waals surface area contributed by atoms with Gasteiger partial charge >= 0.3 is 12.0 Å². The number of hydrogen-bond donors (Lipinski definition) is 3. The monoisotopic (exact) mass is 265 g/mol. The van der Waals surface area contributed by atoms with Crippen LogP contribution >= 0.6 is 0 Å². The second-order valence-electron chi connectivity index (χ2n) is 4.52. The molecule has 7 nitrogen and oxygen atoms in total. The van der Waals surface area contributed by atoms with Crippen molar-refractivity contribution >= 4 is 17.7 Å². The SMILES string of the molecule is Cc1ccncc1NC(=O)N1CC(O)CC1C(=O)O. The molecule has 3 N–H and O–H groups in total. The van der Waals surface area contributed by atoms with Gasteiger partial charge in [0.1, 0.15) is 6.04 Å². The fourth-order valence-electron chi connectivity index (χ4n) is 2.05. The van der Waals surface area contributed by atoms with E-state index in [1.165, 1.54) is 6.20 Å². The van der Waals surface area contributed by atoms with Crippen LogP contribution in [-0.4, -0.2) is 50.8 Å². The number of likely N-dealkylation sites (tertiary alicyclic amines) is 1. The van der Waals surface area contributed by atoms with Crippen molar-refractivity contribution in [2.24, 2.45) is 0 Å². The number of β-amino-alcohol motifs (C(OH)–C–C–N with tert-alkyl or cyclic N) is 1. The van der Waals surface area contributed by atoms with Crippen LogP contribution in [0.15, 0.2) is 18.5 Å². The minimum absolute atomic E-state index is 0.0160. The highest BCUT2D eigenvalue weighted by Crippen LogP contribution is 2.20. The van der Waals surface area contributed by atoms with Crippen molar-refractivity contribution in [2.45, 2.75) is 25.5 Å². The van der Waals surface area contributed by atoms with E-state index in [1.54, 1.807) is 12.3 Å². The molecule has 1 aliphatic heterocycles. The number of aliphatic carboxylic acids is 1. The number of aryl methyl sites for hydroxylation is 1. The second kappa shape index (κ2) is 5.23. The zero-order chi connectivity index (χ0) is 14.0. The summed E-state index contributed by atoms with van der Waals surface area (Å²) in [5, 5.41) is 21.1. The maximum atomic E-state index is 12.0. The van der Waals surface area contributed by atoms with Crippen LogP contribution in [-0.2, 0) is 4.79 Å². The molecule has 2 atom stereocenters. The van der Waals surface area contributed by atoms with Gasteiger partial charge in [0, 0.05) is 19.2 Å². The highest BCUT2D eigenvalue weighted by molar-refractivity contribution is 5.93. The van der Waals surface area contributed by atoms with Gasteiger partial charge in [0.05, 0.1) is 18.0 Å². The van der Waals surface area contributed by atoms with Crippen LogP contribution in [0.5, 0.6) is 0 Å². The topological polar surface area (TPSA) is 103 Å². The number of carbonyl (C=O) groups excluding carboxylic acids is 1. The van der Waals surface area contributed by atoms with Gasteiger partial charge < -0.3 is 20.4 Å². The van der Waals surface area contributed by atoms with Gasteiger partial charge in [-0.25, -0.2) is 9.59 Å². The van der Waals surface area contributed by atoms with Gasteiger partial charge in [0.25, 0.3) is 0 Å². The molecular formula is C12H15N3O4. The molecular weight excluding hydrogens is 250 g/mol. The fourth-order valence-corrected chi connectivity index (χ4v) is 2.05. The van der Waals surface area contributed by atoms with E-state index in [2.05, 4.69) is 10.3 Å². The molecule has 1 fully saturated rings. The Bertz CT molecular complexity index is 506. The van der Waals surface area contributed by atoms with Gasteiger partial charge in [0.15, 0.2) is 0 Å². The fraction of sp³-hybridized carbons (Fsp3) is 0.417. The molecule has 102 valence electrons. The standard InChI is InChI=1S/C12H15N3O4/c1-7-2-3-13-5-9(7)14-12(19)15-6-8(16)4-10(15)11(17)18/h2-3,5,8,10,16H,4,6H2,1H3,(H,14,19)(H,17,18). The first-order chi connectivity index (χ1) is 8.99. The molecule has 1 saturated heterocycles. The van der Waals surface area contributed by atoms with Crippen LogP contribution in [0.4, 0.5) is 10.5 Å². The number of carbonyl (C=O) groups is 2. The smallest absolute Gasteiger partial charge is 0.326 e. The Kier molecular flexibility index (Phi) is 3.66. The molecule has 2 amide bonds. The number of aliphatic hydroxyl groups is 1. The summed E-state index contributed by atoms with van der Waals surface area (Å²) >= 11 is 0. The zero-order valence-corrected chi connectivity index (χ0v) is 10.4. The third-order valence-electron chi connectivity index (χ3n) is 3.11. The lowest BCUT2D eigenvalue weighted by molar-refractivity contribution is -0.141. The zero-order valence-electron chi connectivity index (χ0n) is 10.4. The van der Waals surface area contributed by atoms with Crippen molar-refractivity contribution < 1.29 is 19.8 Å². The number of urea groups is 1. The van der Waals surface area contributed by atoms with Gasteiger partial charge in [-0.15, -0.1) is 0 Å². The predicted octanol–water partition coefficient (Wildman–Crippen LogP) is 0.442. The summed E-state index contributed by atoms with van der Waals surface area (Å²) in [6.45, 7) is 1.83. The molecule has 19 heavy (non-hydrogen) atoms. The normalized spacial score (nSPS) is 22.3. The molecule has 2 unspecified atom stereocenters. The summed E-state index contributed by atoms with van der Waals surface area (Å²) in [7, 11) is 0. The maximum Gasteiger partial charge on any atom is 0.326 e. The van der Waals surface area contributed by atoms with E-state index < -0.39 is 24.1 Å². The lowest BCUT2D eigenvalue weighted by Gasteiger charge is -2.21. The highest BCUT2D eigenvalue weighted by Gasteiger charge is 2.39. The highest BCUT2D eigenvalue weighted by atomic mass is 16.4. The molecule has 0 aromatic carbocycles. The first-order valence-electron chi connectivity index (χ1n) is 5.88. The molecule has 0 saturated carbocycles. The number of nitrogens with zero attached hydrogens (tertiary/aromatic N) is 2. The molecule has 0 radical (unpaired) electrons. The Labute approximate surface area is 109 Å². The lowest BCUT2D eigenvalue weighted by Crippen LogP contribution is -2.43. The molecule has 0 aliphatic carbocycles. The number of rotatable bonds is 2. The third kappa shape index (κ3) is 2.82. The van der Waals surface area contributed by atoms with Crippen LogP contribution < -0.4 is 5.32 Å². The van der Waals surface area contributed by atoms with E-state index in [0.29, 0.717) is 5.69 Å². The largest absolute Gasteiger partial charge is 0.480 e. The average Bonchev–Trinajstić information content (AvgIpc) is 2.74. The van der Waals surface area contributed by atoms with E-state index in [4.69, 9.17) is 5.11 Å². The Morgan fingerprint density at radius 2 is 2.26 bits per heavy atom. The van der Waals surface area contributed by atoms with E-state index in [9.17, 15) is 14.7 Å². The van der Waals surface area contributed by atoms with Gasteiger partial charge in [-0.2, -0.15) is 0 Å². The Morgan fingerprint density at radius 3 is 2.89 bits per heavy atom. The van der Waals surface area contributed by atoms with E-state index in [0.717, 1.165) is 10.5 Å². The molecule has 1 aromatic rings. The summed E-state index contributed by atoms with van der Waals surface area (Å²) in [5.74, 6) is -1.12. The van der Waals surface area contributed by atoms with Gasteiger partial charge in [0.2, 0.25) is 0 Å². The first-order valence-corrected chi connectivity index (χ1v) is 5.88. The number of carboxylic acids is 1. The minimum Gasteiger partial charge on any atom is -0.480 e. The summed E-state index contributed by atoms with van der Waals surface area (Å²) in [4.78, 5) is 28.1. The first kappa shape index (κ1) is 13.3. The number of anilines is 1. The lowest BCUT2D eigenvalue weighted by atomic mass is 10.2. The number of nitrogens with one attached hydrogen (secondary N) is 1.